The summed E-state index contributed by atoms with van der Waals surface area (Å²) in [6, 6.07) is 3.87. The second-order valence-electron chi connectivity index (χ2n) is 6.07. The van der Waals surface area contributed by atoms with Gasteiger partial charge in [0.2, 0.25) is 9.47 Å². The predicted octanol–water partition coefficient (Wildman–Crippen LogP) is 6.08. The molecular formula is C16H17Br3F2N6O. The molecule has 0 bridgehead atoms. The first kappa shape index (κ1) is 22.9. The lowest BCUT2D eigenvalue weighted by Gasteiger charge is -2.09. The van der Waals surface area contributed by atoms with Crippen LogP contribution in [0.1, 0.15) is 39.8 Å². The van der Waals surface area contributed by atoms with Gasteiger partial charge in [0, 0.05) is 12.1 Å². The fraction of sp³-hybridized carbons (Fsp3) is 0.375. The number of hydrogen-bond donors (Lipinski definition) is 0. The summed E-state index contributed by atoms with van der Waals surface area (Å²) in [5, 5.41) is 8.16. The summed E-state index contributed by atoms with van der Waals surface area (Å²) in [4.78, 5) is 8.03. The lowest BCUT2D eigenvalue weighted by molar-refractivity contribution is 0.373. The molecule has 3 aromatic rings. The Morgan fingerprint density at radius 3 is 1.89 bits per heavy atom. The summed E-state index contributed by atoms with van der Waals surface area (Å²) in [6.45, 7) is 7.90. The van der Waals surface area contributed by atoms with Gasteiger partial charge < -0.3 is 4.74 Å². The molecule has 1 aromatic carbocycles. The molecule has 2 heterocycles. The van der Waals surface area contributed by atoms with Gasteiger partial charge in [0.1, 0.15) is 5.75 Å². The van der Waals surface area contributed by atoms with Crippen LogP contribution in [0.2, 0.25) is 0 Å². The van der Waals surface area contributed by atoms with E-state index in [4.69, 9.17) is 4.74 Å². The van der Waals surface area contributed by atoms with Crippen molar-refractivity contribution in [3.8, 4) is 11.8 Å². The predicted molar refractivity (Wildman–Crippen MR) is 110 cm³/mol. The maximum atomic E-state index is 13.0. The number of halogens is 5. The monoisotopic (exact) mass is 584 g/mol. The summed E-state index contributed by atoms with van der Waals surface area (Å²) in [7, 11) is 0. The molecule has 0 fully saturated rings. The zero-order chi connectivity index (χ0) is 21.0. The van der Waals surface area contributed by atoms with Crippen LogP contribution in [0.15, 0.2) is 32.4 Å². The van der Waals surface area contributed by atoms with Gasteiger partial charge in [0.15, 0.2) is 16.4 Å². The molecule has 0 radical (unpaired) electrons. The molecule has 0 aliphatic rings. The van der Waals surface area contributed by atoms with Gasteiger partial charge in [-0.15, -0.1) is 10.2 Å². The van der Waals surface area contributed by atoms with Gasteiger partial charge in [-0.3, -0.25) is 0 Å². The molecule has 0 atom stereocenters. The molecule has 0 spiro atoms. The Labute approximate surface area is 185 Å². The van der Waals surface area contributed by atoms with E-state index in [1.807, 2.05) is 27.7 Å². The fourth-order valence-corrected chi connectivity index (χ4v) is 3.50. The molecule has 7 nitrogen and oxygen atoms in total. The molecule has 0 amide bonds. The number of rotatable bonds is 4. The highest BCUT2D eigenvalue weighted by molar-refractivity contribution is 9.11. The van der Waals surface area contributed by atoms with Gasteiger partial charge in [0.25, 0.3) is 0 Å². The highest BCUT2D eigenvalue weighted by Crippen LogP contribution is 2.25. The van der Waals surface area contributed by atoms with Gasteiger partial charge in [-0.1, -0.05) is 0 Å². The second-order valence-corrected chi connectivity index (χ2v) is 8.20. The van der Waals surface area contributed by atoms with E-state index in [9.17, 15) is 8.78 Å². The van der Waals surface area contributed by atoms with E-state index < -0.39 is 11.6 Å². The highest BCUT2D eigenvalue weighted by atomic mass is 79.9. The van der Waals surface area contributed by atoms with E-state index in [-0.39, 0.29) is 17.8 Å². The summed E-state index contributed by atoms with van der Waals surface area (Å²) in [6.07, 6.45) is 0. The van der Waals surface area contributed by atoms with Gasteiger partial charge >= 0.3 is 6.01 Å². The molecule has 3 rings (SSSR count). The molecular weight excluding hydrogens is 570 g/mol. The van der Waals surface area contributed by atoms with E-state index in [0.29, 0.717) is 15.5 Å². The van der Waals surface area contributed by atoms with Crippen LogP contribution in [0, 0.1) is 11.6 Å². The number of ether oxygens (including phenoxy) is 1. The van der Waals surface area contributed by atoms with E-state index in [1.165, 1.54) is 10.7 Å². The summed E-state index contributed by atoms with van der Waals surface area (Å²) in [5.74, 6) is -1.73. The molecule has 0 unspecified atom stereocenters. The lowest BCUT2D eigenvalue weighted by atomic mass is 10.3. The molecule has 2 aromatic heterocycles. The van der Waals surface area contributed by atoms with Crippen molar-refractivity contribution in [3.63, 3.8) is 0 Å². The molecule has 152 valence electrons. The molecule has 0 aliphatic carbocycles. The van der Waals surface area contributed by atoms with Crippen LogP contribution in [-0.2, 0) is 0 Å². The first-order valence-corrected chi connectivity index (χ1v) is 10.5. The minimum Gasteiger partial charge on any atom is -0.424 e. The van der Waals surface area contributed by atoms with Crippen molar-refractivity contribution in [1.82, 2.24) is 29.5 Å². The van der Waals surface area contributed by atoms with Crippen molar-refractivity contribution < 1.29 is 13.5 Å². The third-order valence-corrected chi connectivity index (χ3v) is 4.43. The minimum atomic E-state index is -0.970. The van der Waals surface area contributed by atoms with Crippen molar-refractivity contribution in [3.05, 3.63) is 44.0 Å². The summed E-state index contributed by atoms with van der Waals surface area (Å²) < 4.78 is 36.3. The molecule has 0 aliphatic heterocycles. The Morgan fingerprint density at radius 2 is 1.43 bits per heavy atom. The minimum absolute atomic E-state index is 0.0316. The third kappa shape index (κ3) is 6.05. The van der Waals surface area contributed by atoms with E-state index in [0.717, 1.165) is 16.9 Å². The van der Waals surface area contributed by atoms with Crippen LogP contribution in [0.4, 0.5) is 8.78 Å². The Hall–Kier alpha value is -1.40. The van der Waals surface area contributed by atoms with Gasteiger partial charge in [0.05, 0.1) is 6.04 Å². The maximum Gasteiger partial charge on any atom is 0.321 e. The molecule has 0 saturated heterocycles. The Bertz CT molecular complexity index is 945. The first-order chi connectivity index (χ1) is 13.1. The standard InChI is InChI=1S/C11H10BrF2N3O.C5H7Br2N3/c1-6(2)17-11(15-10(12)16-17)18-7-3-4-8(13)9(14)5-7;1-3(2)10-5(7)8-4(6)9-10/h3-6H,1-2H3;3H,1-2H3. The quantitative estimate of drug-likeness (QED) is 0.371. The molecule has 12 heteroatoms. The number of nitrogens with zero attached hydrogens (tertiary/aromatic N) is 6. The maximum absolute atomic E-state index is 13.0. The van der Waals surface area contributed by atoms with Crippen molar-refractivity contribution >= 4 is 47.8 Å². The second kappa shape index (κ2) is 9.88. The zero-order valence-electron chi connectivity index (χ0n) is 15.4. The van der Waals surface area contributed by atoms with Crippen molar-refractivity contribution in [1.29, 1.82) is 0 Å². The topological polar surface area (TPSA) is 70.7 Å². The van der Waals surface area contributed by atoms with E-state index in [2.05, 4.69) is 68.0 Å². The van der Waals surface area contributed by atoms with E-state index in [1.54, 1.807) is 4.68 Å². The van der Waals surface area contributed by atoms with E-state index >= 15 is 0 Å². The zero-order valence-corrected chi connectivity index (χ0v) is 20.1. The third-order valence-electron chi connectivity index (χ3n) is 3.22. The van der Waals surface area contributed by atoms with Gasteiger partial charge in [-0.2, -0.15) is 9.97 Å². The fourth-order valence-electron chi connectivity index (χ4n) is 1.94. The summed E-state index contributed by atoms with van der Waals surface area (Å²) in [5.41, 5.74) is 0. The molecule has 0 N–H and O–H groups in total. The Balaban J connectivity index is 0.000000237. The van der Waals surface area contributed by atoms with Crippen LogP contribution < -0.4 is 4.74 Å². The Morgan fingerprint density at radius 1 is 0.857 bits per heavy atom. The van der Waals surface area contributed by atoms with Crippen molar-refractivity contribution in [2.45, 2.75) is 39.8 Å². The van der Waals surface area contributed by atoms with Crippen molar-refractivity contribution in [2.75, 3.05) is 0 Å². The SMILES string of the molecule is CC(C)n1nc(Br)nc1Br.CC(C)n1nc(Br)nc1Oc1ccc(F)c(F)c1. The largest absolute Gasteiger partial charge is 0.424 e. The average molecular weight is 587 g/mol. The highest BCUT2D eigenvalue weighted by Gasteiger charge is 2.14. The van der Waals surface area contributed by atoms with Gasteiger partial charge in [-0.25, -0.2) is 18.1 Å². The molecule has 0 saturated carbocycles. The van der Waals surface area contributed by atoms with Crippen LogP contribution in [-0.4, -0.2) is 29.5 Å². The molecule has 28 heavy (non-hydrogen) atoms. The normalized spacial score (nSPS) is 11.0. The van der Waals surface area contributed by atoms with Crippen LogP contribution in [0.25, 0.3) is 0 Å². The number of hydrogen-bond acceptors (Lipinski definition) is 5. The van der Waals surface area contributed by atoms with Gasteiger partial charge in [-0.05, 0) is 87.6 Å². The lowest BCUT2D eigenvalue weighted by Crippen LogP contribution is -2.05. The van der Waals surface area contributed by atoms with Crippen molar-refractivity contribution in [2.24, 2.45) is 0 Å². The van der Waals surface area contributed by atoms with Crippen LogP contribution in [0.5, 0.6) is 11.8 Å². The summed E-state index contributed by atoms with van der Waals surface area (Å²) >= 11 is 9.59. The van der Waals surface area contributed by atoms with Crippen LogP contribution in [0.3, 0.4) is 0 Å². The number of benzene rings is 1. The number of aromatic nitrogens is 6. The first-order valence-electron chi connectivity index (χ1n) is 8.11. The smallest absolute Gasteiger partial charge is 0.321 e. The Kier molecular flexibility index (Phi) is 8.07. The van der Waals surface area contributed by atoms with Crippen LogP contribution >= 0.6 is 47.8 Å². The average Bonchev–Trinajstić information content (AvgIpc) is 3.13.